The van der Waals surface area contributed by atoms with Crippen LogP contribution in [0.2, 0.25) is 0 Å². The largest absolute Gasteiger partial charge is 0.461 e. The molecule has 148 valence electrons. The molecule has 8 heteroatoms. The van der Waals surface area contributed by atoms with Crippen LogP contribution in [0.25, 0.3) is 11.3 Å². The summed E-state index contributed by atoms with van der Waals surface area (Å²) in [7, 11) is 0. The molecule has 0 aliphatic rings. The maximum atomic E-state index is 13.2. The molecule has 0 bridgehead atoms. The Labute approximate surface area is 163 Å². The topological polar surface area (TPSA) is 55.0 Å². The molecule has 0 radical (unpaired) electrons. The molecule has 0 unspecified atom stereocenters. The number of carbonyl (C=O) groups is 1. The molecule has 0 atom stereocenters. The Balaban J connectivity index is 2.05. The van der Waals surface area contributed by atoms with E-state index in [1.807, 2.05) is 0 Å². The highest BCUT2D eigenvalue weighted by molar-refractivity contribution is 5.94. The molecule has 0 aliphatic carbocycles. The molecule has 3 rings (SSSR count). The number of nitrogens with zero attached hydrogens (tertiary/aromatic N) is 1. The highest BCUT2D eigenvalue weighted by atomic mass is 19.4. The van der Waals surface area contributed by atoms with Gasteiger partial charge in [-0.2, -0.15) is 13.2 Å². The molecule has 0 saturated carbocycles. The van der Waals surface area contributed by atoms with E-state index in [9.17, 15) is 22.4 Å². The maximum absolute atomic E-state index is 13.2. The molecule has 0 fully saturated rings. The molecular weight excluding hydrogens is 388 g/mol. The first-order valence-electron chi connectivity index (χ1n) is 8.51. The standard InChI is InChI=1S/C21H14F4N2O2/c1-2-29-20(28)19-18(14-7-10-15(22)11-8-14)26-17(27-19)12-9-13-5-3-4-6-16(13)21(23,24)25/h3-8,10-11H,2H2,1H3,(H,26,27). The molecule has 29 heavy (non-hydrogen) atoms. The van der Waals surface area contributed by atoms with Crippen LogP contribution in [-0.4, -0.2) is 22.5 Å². The Morgan fingerprint density at radius 2 is 1.79 bits per heavy atom. The van der Waals surface area contributed by atoms with Crippen molar-refractivity contribution in [2.45, 2.75) is 13.1 Å². The summed E-state index contributed by atoms with van der Waals surface area (Å²) in [5.41, 5.74) is -0.529. The zero-order valence-corrected chi connectivity index (χ0v) is 15.1. The van der Waals surface area contributed by atoms with Crippen LogP contribution >= 0.6 is 0 Å². The zero-order valence-electron chi connectivity index (χ0n) is 15.1. The number of carbonyl (C=O) groups excluding carboxylic acids is 1. The first kappa shape index (κ1) is 20.1. The lowest BCUT2D eigenvalue weighted by Gasteiger charge is -2.07. The summed E-state index contributed by atoms with van der Waals surface area (Å²) in [6, 6.07) is 10.1. The van der Waals surface area contributed by atoms with Gasteiger partial charge in [0.05, 0.1) is 12.2 Å². The van der Waals surface area contributed by atoms with E-state index in [0.717, 1.165) is 6.07 Å². The van der Waals surface area contributed by atoms with Crippen molar-refractivity contribution in [2.75, 3.05) is 6.61 Å². The predicted octanol–water partition coefficient (Wildman–Crippen LogP) is 4.81. The molecule has 0 saturated heterocycles. The van der Waals surface area contributed by atoms with Crippen molar-refractivity contribution in [3.05, 3.63) is 77.0 Å². The van der Waals surface area contributed by atoms with Crippen LogP contribution in [-0.2, 0) is 10.9 Å². The van der Waals surface area contributed by atoms with Crippen molar-refractivity contribution >= 4 is 5.97 Å². The minimum absolute atomic E-state index is 0.0214. The van der Waals surface area contributed by atoms with E-state index in [4.69, 9.17) is 4.74 Å². The van der Waals surface area contributed by atoms with Crippen molar-refractivity contribution in [1.29, 1.82) is 0 Å². The fraction of sp³-hybridized carbons (Fsp3) is 0.143. The fourth-order valence-electron chi connectivity index (χ4n) is 2.57. The third-order valence-electron chi connectivity index (χ3n) is 3.85. The van der Waals surface area contributed by atoms with Crippen LogP contribution in [0, 0.1) is 17.7 Å². The highest BCUT2D eigenvalue weighted by Gasteiger charge is 2.32. The molecule has 2 aromatic carbocycles. The molecule has 0 amide bonds. The van der Waals surface area contributed by atoms with Gasteiger partial charge in [0.2, 0.25) is 0 Å². The van der Waals surface area contributed by atoms with E-state index in [0.29, 0.717) is 5.56 Å². The summed E-state index contributed by atoms with van der Waals surface area (Å²) in [6.07, 6.45) is -4.55. The number of rotatable bonds is 3. The van der Waals surface area contributed by atoms with Gasteiger partial charge in [-0.3, -0.25) is 0 Å². The third-order valence-corrected chi connectivity index (χ3v) is 3.85. The number of hydrogen-bond donors (Lipinski definition) is 1. The number of H-pyrrole nitrogens is 1. The van der Waals surface area contributed by atoms with Gasteiger partial charge in [0.1, 0.15) is 11.5 Å². The van der Waals surface area contributed by atoms with Crippen LogP contribution in [0.15, 0.2) is 48.5 Å². The molecule has 0 spiro atoms. The lowest BCUT2D eigenvalue weighted by Crippen LogP contribution is -2.07. The molecular formula is C21H14F4N2O2. The summed E-state index contributed by atoms with van der Waals surface area (Å²) >= 11 is 0. The summed E-state index contributed by atoms with van der Waals surface area (Å²) < 4.78 is 57.5. The van der Waals surface area contributed by atoms with Crippen LogP contribution < -0.4 is 0 Å². The summed E-state index contributed by atoms with van der Waals surface area (Å²) in [6.45, 7) is 1.74. The Bertz CT molecular complexity index is 1090. The Hall–Kier alpha value is -3.60. The average Bonchev–Trinajstić information content (AvgIpc) is 3.11. The number of hydrogen-bond acceptors (Lipinski definition) is 3. The number of halogens is 4. The van der Waals surface area contributed by atoms with Gasteiger partial charge in [0.15, 0.2) is 11.5 Å². The number of alkyl halides is 3. The number of esters is 1. The second-order valence-corrected chi connectivity index (χ2v) is 5.83. The van der Waals surface area contributed by atoms with Gasteiger partial charge in [-0.1, -0.05) is 18.1 Å². The number of benzene rings is 2. The highest BCUT2D eigenvalue weighted by Crippen LogP contribution is 2.31. The van der Waals surface area contributed by atoms with Crippen molar-refractivity contribution in [1.82, 2.24) is 9.97 Å². The van der Waals surface area contributed by atoms with Gasteiger partial charge in [-0.25, -0.2) is 14.2 Å². The van der Waals surface area contributed by atoms with Gasteiger partial charge in [0.25, 0.3) is 0 Å². The van der Waals surface area contributed by atoms with E-state index >= 15 is 0 Å². The first-order valence-corrected chi connectivity index (χ1v) is 8.51. The monoisotopic (exact) mass is 402 g/mol. The van der Waals surface area contributed by atoms with Gasteiger partial charge < -0.3 is 9.72 Å². The van der Waals surface area contributed by atoms with E-state index < -0.39 is 23.5 Å². The summed E-state index contributed by atoms with van der Waals surface area (Å²) in [5, 5.41) is 0. The number of aromatic amines is 1. The molecule has 0 aliphatic heterocycles. The lowest BCUT2D eigenvalue weighted by atomic mass is 10.1. The lowest BCUT2D eigenvalue weighted by molar-refractivity contribution is -0.137. The second-order valence-electron chi connectivity index (χ2n) is 5.83. The normalized spacial score (nSPS) is 10.9. The molecule has 1 N–H and O–H groups in total. The second kappa shape index (κ2) is 8.19. The minimum atomic E-state index is -4.55. The first-order chi connectivity index (χ1) is 13.8. The Morgan fingerprint density at radius 3 is 2.45 bits per heavy atom. The maximum Gasteiger partial charge on any atom is 0.417 e. The van der Waals surface area contributed by atoms with Crippen molar-refractivity contribution < 1.29 is 27.1 Å². The number of aromatic nitrogens is 2. The number of nitrogens with one attached hydrogen (secondary N) is 1. The quantitative estimate of drug-likeness (QED) is 0.389. The Kier molecular flexibility index (Phi) is 5.69. The Morgan fingerprint density at radius 1 is 1.10 bits per heavy atom. The molecule has 1 aromatic heterocycles. The average molecular weight is 402 g/mol. The van der Waals surface area contributed by atoms with Crippen LogP contribution in [0.5, 0.6) is 0 Å². The van der Waals surface area contributed by atoms with Gasteiger partial charge in [0, 0.05) is 11.1 Å². The van der Waals surface area contributed by atoms with Crippen molar-refractivity contribution in [3.63, 3.8) is 0 Å². The van der Waals surface area contributed by atoms with Gasteiger partial charge >= 0.3 is 12.1 Å². The van der Waals surface area contributed by atoms with Gasteiger partial charge in [-0.05, 0) is 49.2 Å². The third kappa shape index (κ3) is 4.63. The van der Waals surface area contributed by atoms with Gasteiger partial charge in [-0.15, -0.1) is 0 Å². The predicted molar refractivity (Wildman–Crippen MR) is 97.4 cm³/mol. The zero-order chi connectivity index (χ0) is 21.0. The number of imidazole rings is 1. The van der Waals surface area contributed by atoms with Crippen molar-refractivity contribution in [2.24, 2.45) is 0 Å². The number of ether oxygens (including phenoxy) is 1. The summed E-state index contributed by atoms with van der Waals surface area (Å²) in [4.78, 5) is 19.1. The van der Waals surface area contributed by atoms with E-state index in [2.05, 4.69) is 21.8 Å². The minimum Gasteiger partial charge on any atom is -0.461 e. The summed E-state index contributed by atoms with van der Waals surface area (Å²) in [5.74, 6) is 3.75. The van der Waals surface area contributed by atoms with Crippen LogP contribution in [0.1, 0.15) is 34.4 Å². The SMILES string of the molecule is CCOC(=O)c1[nH]c(C#Cc2ccccc2C(F)(F)F)nc1-c1ccc(F)cc1. The van der Waals surface area contributed by atoms with E-state index in [1.165, 1.54) is 42.5 Å². The smallest absolute Gasteiger partial charge is 0.417 e. The van der Waals surface area contributed by atoms with E-state index in [-0.39, 0.29) is 29.4 Å². The van der Waals surface area contributed by atoms with Crippen LogP contribution in [0.4, 0.5) is 17.6 Å². The molecule has 1 heterocycles. The molecule has 4 nitrogen and oxygen atoms in total. The fourth-order valence-corrected chi connectivity index (χ4v) is 2.57. The molecule has 3 aromatic rings. The van der Waals surface area contributed by atoms with E-state index in [1.54, 1.807) is 6.92 Å². The van der Waals surface area contributed by atoms with Crippen molar-refractivity contribution in [3.8, 4) is 23.1 Å². The van der Waals surface area contributed by atoms with Crippen LogP contribution in [0.3, 0.4) is 0 Å².